The molecule has 0 saturated heterocycles. The predicted molar refractivity (Wildman–Crippen MR) is 131 cm³/mol. The smallest absolute Gasteiger partial charge is 0.256 e. The number of amides is 1. The van der Waals surface area contributed by atoms with Gasteiger partial charge < -0.3 is 20.5 Å². The summed E-state index contributed by atoms with van der Waals surface area (Å²) in [5.41, 5.74) is 2.53. The molecule has 3 aromatic rings. The van der Waals surface area contributed by atoms with Gasteiger partial charge in [-0.2, -0.15) is 4.98 Å². The lowest BCUT2D eigenvalue weighted by atomic mass is 9.95. The summed E-state index contributed by atoms with van der Waals surface area (Å²) in [4.78, 5) is 26.2. The summed E-state index contributed by atoms with van der Waals surface area (Å²) in [5.74, 6) is 1.00. The normalized spacial score (nSPS) is 14.1. The largest absolute Gasteiger partial charge is 0.367 e. The Morgan fingerprint density at radius 2 is 1.97 bits per heavy atom. The number of hydrogen-bond donors (Lipinski definition) is 3. The summed E-state index contributed by atoms with van der Waals surface area (Å²) < 4.78 is 1.94. The van der Waals surface area contributed by atoms with E-state index in [1.165, 1.54) is 19.3 Å². The monoisotopic (exact) mass is 447 g/mol. The molecule has 0 bridgehead atoms. The molecule has 174 valence electrons. The van der Waals surface area contributed by atoms with Gasteiger partial charge in [0.2, 0.25) is 5.95 Å². The molecule has 1 fully saturated rings. The lowest BCUT2D eigenvalue weighted by molar-refractivity contribution is 0.0951. The van der Waals surface area contributed by atoms with Crippen molar-refractivity contribution in [1.82, 2.24) is 24.8 Å². The number of imidazole rings is 1. The van der Waals surface area contributed by atoms with E-state index in [0.29, 0.717) is 29.9 Å². The first-order valence-electron chi connectivity index (χ1n) is 12.0. The number of unbranched alkanes of at least 4 members (excludes halogenated alkanes) is 1. The summed E-state index contributed by atoms with van der Waals surface area (Å²) >= 11 is 0. The zero-order chi connectivity index (χ0) is 22.9. The van der Waals surface area contributed by atoms with Crippen LogP contribution < -0.4 is 16.0 Å². The number of nitrogens with one attached hydrogen (secondary N) is 3. The minimum absolute atomic E-state index is 0.174. The van der Waals surface area contributed by atoms with Crippen molar-refractivity contribution >= 4 is 17.7 Å². The Bertz CT molecular complexity index is 1010. The van der Waals surface area contributed by atoms with Crippen LogP contribution in [0.2, 0.25) is 0 Å². The SMILES string of the molecule is CCCCNc1ncc(C(=O)NCc2ccc(-n3ccnc3)cc2)c(NC2CCCCC2)n1. The summed E-state index contributed by atoms with van der Waals surface area (Å²) in [6.45, 7) is 3.40. The van der Waals surface area contributed by atoms with Gasteiger partial charge in [-0.1, -0.05) is 44.7 Å². The second kappa shape index (κ2) is 11.4. The van der Waals surface area contributed by atoms with Gasteiger partial charge in [0.05, 0.1) is 6.33 Å². The van der Waals surface area contributed by atoms with Crippen LogP contribution in [0.15, 0.2) is 49.2 Å². The van der Waals surface area contributed by atoms with Gasteiger partial charge >= 0.3 is 0 Å². The van der Waals surface area contributed by atoms with E-state index in [1.54, 1.807) is 18.7 Å². The number of anilines is 2. The third-order valence-corrected chi connectivity index (χ3v) is 5.98. The Morgan fingerprint density at radius 3 is 2.70 bits per heavy atom. The first-order chi connectivity index (χ1) is 16.2. The van der Waals surface area contributed by atoms with Crippen molar-refractivity contribution in [1.29, 1.82) is 0 Å². The number of hydrogen-bond acceptors (Lipinski definition) is 6. The molecule has 0 unspecified atom stereocenters. The molecule has 0 radical (unpaired) electrons. The maximum atomic E-state index is 13.0. The number of aromatic nitrogens is 4. The second-order valence-electron chi connectivity index (χ2n) is 8.53. The van der Waals surface area contributed by atoms with Crippen LogP contribution in [-0.4, -0.2) is 38.0 Å². The molecule has 3 N–H and O–H groups in total. The Kier molecular flexibility index (Phi) is 7.90. The molecule has 1 aliphatic carbocycles. The van der Waals surface area contributed by atoms with E-state index in [2.05, 4.69) is 37.8 Å². The quantitative estimate of drug-likeness (QED) is 0.395. The number of benzene rings is 1. The highest BCUT2D eigenvalue weighted by atomic mass is 16.1. The van der Waals surface area contributed by atoms with Gasteiger partial charge in [0.25, 0.3) is 5.91 Å². The molecule has 8 heteroatoms. The highest BCUT2D eigenvalue weighted by Crippen LogP contribution is 2.23. The van der Waals surface area contributed by atoms with Gasteiger partial charge in [-0.3, -0.25) is 4.79 Å². The summed E-state index contributed by atoms with van der Waals surface area (Å²) in [6.07, 6.45) is 15.1. The number of rotatable bonds is 10. The fourth-order valence-corrected chi connectivity index (χ4v) is 4.04. The lowest BCUT2D eigenvalue weighted by Crippen LogP contribution is -2.28. The third kappa shape index (κ3) is 6.31. The standard InChI is InChI=1S/C25H33N7O/c1-2-3-13-27-25-29-17-22(23(31-25)30-20-7-5-4-6-8-20)24(33)28-16-19-9-11-21(12-10-19)32-15-14-26-18-32/h9-12,14-15,17-18,20H,2-8,13,16H2,1H3,(H,28,33)(H2,27,29,30,31). The average molecular weight is 448 g/mol. The zero-order valence-corrected chi connectivity index (χ0v) is 19.3. The van der Waals surface area contributed by atoms with Crippen LogP contribution in [0, 0.1) is 0 Å². The van der Waals surface area contributed by atoms with Gasteiger partial charge in [-0.15, -0.1) is 0 Å². The predicted octanol–water partition coefficient (Wildman–Crippen LogP) is 4.55. The van der Waals surface area contributed by atoms with Crippen molar-refractivity contribution in [2.45, 2.75) is 64.5 Å². The van der Waals surface area contributed by atoms with Gasteiger partial charge in [-0.05, 0) is 37.0 Å². The molecule has 33 heavy (non-hydrogen) atoms. The van der Waals surface area contributed by atoms with E-state index in [-0.39, 0.29) is 5.91 Å². The Hall–Kier alpha value is -3.42. The van der Waals surface area contributed by atoms with E-state index >= 15 is 0 Å². The van der Waals surface area contributed by atoms with Gasteiger partial charge in [-0.25, -0.2) is 9.97 Å². The summed E-state index contributed by atoms with van der Waals surface area (Å²) in [5, 5.41) is 9.81. The van der Waals surface area contributed by atoms with E-state index in [0.717, 1.165) is 43.5 Å². The van der Waals surface area contributed by atoms with Crippen LogP contribution in [0.5, 0.6) is 0 Å². The first-order valence-corrected chi connectivity index (χ1v) is 12.0. The molecule has 1 saturated carbocycles. The molecular formula is C25H33N7O. The average Bonchev–Trinajstić information content (AvgIpc) is 3.39. The zero-order valence-electron chi connectivity index (χ0n) is 19.3. The molecule has 0 aliphatic heterocycles. The van der Waals surface area contributed by atoms with E-state index in [1.807, 2.05) is 35.0 Å². The fraction of sp³-hybridized carbons (Fsp3) is 0.440. The molecule has 1 aliphatic rings. The van der Waals surface area contributed by atoms with Crippen LogP contribution in [0.25, 0.3) is 5.69 Å². The van der Waals surface area contributed by atoms with Crippen molar-refractivity contribution in [2.24, 2.45) is 0 Å². The van der Waals surface area contributed by atoms with Crippen LogP contribution in [-0.2, 0) is 6.54 Å². The van der Waals surface area contributed by atoms with Gasteiger partial charge in [0.1, 0.15) is 11.4 Å². The molecular weight excluding hydrogens is 414 g/mol. The van der Waals surface area contributed by atoms with Gasteiger partial charge in [0, 0.05) is 43.4 Å². The van der Waals surface area contributed by atoms with E-state index < -0.39 is 0 Å². The van der Waals surface area contributed by atoms with Crippen LogP contribution >= 0.6 is 0 Å². The minimum Gasteiger partial charge on any atom is -0.367 e. The van der Waals surface area contributed by atoms with Crippen LogP contribution in [0.3, 0.4) is 0 Å². The van der Waals surface area contributed by atoms with Crippen LogP contribution in [0.4, 0.5) is 11.8 Å². The van der Waals surface area contributed by atoms with E-state index in [9.17, 15) is 4.79 Å². The molecule has 0 spiro atoms. The highest BCUT2D eigenvalue weighted by molar-refractivity contribution is 5.98. The molecule has 4 rings (SSSR count). The Morgan fingerprint density at radius 1 is 1.15 bits per heavy atom. The number of carbonyl (C=O) groups is 1. The van der Waals surface area contributed by atoms with Crippen molar-refractivity contribution < 1.29 is 4.79 Å². The van der Waals surface area contributed by atoms with Crippen LogP contribution in [0.1, 0.15) is 67.8 Å². The Balaban J connectivity index is 1.43. The van der Waals surface area contributed by atoms with Gasteiger partial charge in [0.15, 0.2) is 0 Å². The van der Waals surface area contributed by atoms with Crippen molar-refractivity contribution in [3.63, 3.8) is 0 Å². The second-order valence-corrected chi connectivity index (χ2v) is 8.53. The Labute approximate surface area is 195 Å². The van der Waals surface area contributed by atoms with E-state index in [4.69, 9.17) is 0 Å². The molecule has 2 heterocycles. The van der Waals surface area contributed by atoms with Crippen molar-refractivity contribution in [3.05, 3.63) is 60.3 Å². The molecule has 0 atom stereocenters. The maximum Gasteiger partial charge on any atom is 0.256 e. The summed E-state index contributed by atoms with van der Waals surface area (Å²) in [7, 11) is 0. The van der Waals surface area contributed by atoms with Crippen molar-refractivity contribution in [3.8, 4) is 5.69 Å². The summed E-state index contributed by atoms with van der Waals surface area (Å²) in [6, 6.07) is 8.39. The van der Waals surface area contributed by atoms with Crippen molar-refractivity contribution in [2.75, 3.05) is 17.2 Å². The molecule has 2 aromatic heterocycles. The fourth-order valence-electron chi connectivity index (χ4n) is 4.04. The third-order valence-electron chi connectivity index (χ3n) is 5.98. The molecule has 1 amide bonds. The maximum absolute atomic E-state index is 13.0. The highest BCUT2D eigenvalue weighted by Gasteiger charge is 2.19. The molecule has 8 nitrogen and oxygen atoms in total. The first kappa shape index (κ1) is 22.8. The number of carbonyl (C=O) groups excluding carboxylic acids is 1. The topological polar surface area (TPSA) is 96.8 Å². The lowest BCUT2D eigenvalue weighted by Gasteiger charge is -2.24. The molecule has 1 aromatic carbocycles. The minimum atomic E-state index is -0.174. The number of nitrogens with zero attached hydrogens (tertiary/aromatic N) is 4.